The van der Waals surface area contributed by atoms with Gasteiger partial charge in [-0.15, -0.1) is 5.10 Å². The average molecular weight is 385 g/mol. The van der Waals surface area contributed by atoms with Gasteiger partial charge in [-0.25, -0.2) is 9.50 Å². The third-order valence-electron chi connectivity index (χ3n) is 5.48. The van der Waals surface area contributed by atoms with E-state index in [4.69, 9.17) is 9.84 Å². The normalized spacial score (nSPS) is 16.2. The summed E-state index contributed by atoms with van der Waals surface area (Å²) in [4.78, 5) is 4.47. The minimum atomic E-state index is 0.556. The van der Waals surface area contributed by atoms with Crippen LogP contribution in [-0.4, -0.2) is 34.8 Å². The molecular weight excluding hydrogens is 362 g/mol. The van der Waals surface area contributed by atoms with Crippen LogP contribution in [0.5, 0.6) is 5.75 Å². The molecule has 29 heavy (non-hydrogen) atoms. The average Bonchev–Trinajstić information content (AvgIpc) is 3.44. The molecule has 0 bridgehead atoms. The van der Waals surface area contributed by atoms with Crippen LogP contribution in [0.3, 0.4) is 0 Å². The summed E-state index contributed by atoms with van der Waals surface area (Å²) in [6.45, 7) is 2.16. The highest BCUT2D eigenvalue weighted by Gasteiger charge is 2.16. The van der Waals surface area contributed by atoms with E-state index in [0.29, 0.717) is 11.9 Å². The molecule has 1 atom stereocenters. The van der Waals surface area contributed by atoms with Crippen molar-refractivity contribution in [3.63, 3.8) is 0 Å². The maximum Gasteiger partial charge on any atom is 0.245 e. The van der Waals surface area contributed by atoms with E-state index in [9.17, 15) is 0 Å². The lowest BCUT2D eigenvalue weighted by atomic mass is 9.98. The molecule has 4 aromatic rings. The van der Waals surface area contributed by atoms with Crippen molar-refractivity contribution >= 4 is 17.2 Å². The van der Waals surface area contributed by atoms with Crippen molar-refractivity contribution in [2.75, 3.05) is 25.5 Å². The molecule has 0 radical (unpaired) electrons. The number of nitrogens with one attached hydrogen (secondary N) is 2. The van der Waals surface area contributed by atoms with E-state index < -0.39 is 0 Å². The van der Waals surface area contributed by atoms with Crippen LogP contribution in [0.1, 0.15) is 17.9 Å². The second kappa shape index (κ2) is 7.56. The molecule has 0 saturated carbocycles. The lowest BCUT2D eigenvalue weighted by Crippen LogP contribution is -2.08. The number of fused-ring (bicyclic) bond motifs is 1. The van der Waals surface area contributed by atoms with Gasteiger partial charge in [0.2, 0.25) is 5.95 Å². The third kappa shape index (κ3) is 3.43. The standard InChI is InChI=1S/C23H23N5O/c1-29-22-5-3-2-4-20(22)21-11-10-19-15-25-23(27-28(19)21)26-18-8-6-16(7-9-18)17-12-13-24-14-17/h2-11,15,17,24H,12-14H2,1H3,(H,26,27). The van der Waals surface area contributed by atoms with E-state index in [-0.39, 0.29) is 0 Å². The number of ether oxygens (including phenoxy) is 1. The van der Waals surface area contributed by atoms with Crippen molar-refractivity contribution < 1.29 is 4.74 Å². The van der Waals surface area contributed by atoms with Gasteiger partial charge >= 0.3 is 0 Å². The molecule has 2 aromatic heterocycles. The number of para-hydroxylation sites is 1. The number of anilines is 2. The minimum Gasteiger partial charge on any atom is -0.496 e. The van der Waals surface area contributed by atoms with E-state index in [0.717, 1.165) is 41.3 Å². The first-order chi connectivity index (χ1) is 14.3. The van der Waals surface area contributed by atoms with Crippen LogP contribution < -0.4 is 15.4 Å². The maximum atomic E-state index is 5.52. The van der Waals surface area contributed by atoms with Crippen LogP contribution in [0.15, 0.2) is 66.9 Å². The predicted octanol–water partition coefficient (Wildman–Crippen LogP) is 4.23. The molecule has 2 aromatic carbocycles. The number of rotatable bonds is 5. The Bertz CT molecular complexity index is 1130. The van der Waals surface area contributed by atoms with Crippen molar-refractivity contribution in [1.82, 2.24) is 19.9 Å². The molecule has 1 aliphatic rings. The Kier molecular flexibility index (Phi) is 4.62. The Labute approximate surface area is 169 Å². The highest BCUT2D eigenvalue weighted by Crippen LogP contribution is 2.31. The van der Waals surface area contributed by atoms with Crippen molar-refractivity contribution in [3.05, 3.63) is 72.4 Å². The fourth-order valence-electron chi connectivity index (χ4n) is 3.93. The van der Waals surface area contributed by atoms with Gasteiger partial charge < -0.3 is 15.4 Å². The number of hydrogen-bond acceptors (Lipinski definition) is 5. The second-order valence-corrected chi connectivity index (χ2v) is 7.27. The molecule has 3 heterocycles. The fraction of sp³-hybridized carbons (Fsp3) is 0.217. The first kappa shape index (κ1) is 17.7. The highest BCUT2D eigenvalue weighted by atomic mass is 16.5. The molecule has 2 N–H and O–H groups in total. The smallest absolute Gasteiger partial charge is 0.245 e. The van der Waals surface area contributed by atoms with Crippen LogP contribution in [0.4, 0.5) is 11.6 Å². The van der Waals surface area contributed by atoms with Crippen molar-refractivity contribution in [1.29, 1.82) is 0 Å². The van der Waals surface area contributed by atoms with Crippen LogP contribution in [0, 0.1) is 0 Å². The Hall–Kier alpha value is -3.38. The molecule has 146 valence electrons. The summed E-state index contributed by atoms with van der Waals surface area (Å²) in [5.41, 5.74) is 5.24. The molecule has 6 nitrogen and oxygen atoms in total. The summed E-state index contributed by atoms with van der Waals surface area (Å²) in [6, 6.07) is 20.6. The highest BCUT2D eigenvalue weighted by molar-refractivity contribution is 5.72. The number of nitrogens with zero attached hydrogens (tertiary/aromatic N) is 3. The van der Waals surface area contributed by atoms with Gasteiger partial charge in [0.15, 0.2) is 0 Å². The van der Waals surface area contributed by atoms with Gasteiger partial charge in [-0.3, -0.25) is 0 Å². The topological polar surface area (TPSA) is 63.5 Å². The zero-order valence-corrected chi connectivity index (χ0v) is 16.3. The Morgan fingerprint density at radius 3 is 2.72 bits per heavy atom. The first-order valence-electron chi connectivity index (χ1n) is 9.88. The number of methoxy groups -OCH3 is 1. The van der Waals surface area contributed by atoms with Crippen LogP contribution in [-0.2, 0) is 0 Å². The van der Waals surface area contributed by atoms with E-state index in [1.165, 1.54) is 12.0 Å². The van der Waals surface area contributed by atoms with Crippen molar-refractivity contribution in [3.8, 4) is 17.0 Å². The largest absolute Gasteiger partial charge is 0.496 e. The minimum absolute atomic E-state index is 0.556. The van der Waals surface area contributed by atoms with Gasteiger partial charge in [0.25, 0.3) is 0 Å². The lowest BCUT2D eigenvalue weighted by molar-refractivity contribution is 0.416. The molecule has 0 amide bonds. The Balaban J connectivity index is 1.44. The quantitative estimate of drug-likeness (QED) is 0.538. The van der Waals surface area contributed by atoms with Crippen LogP contribution in [0.2, 0.25) is 0 Å². The van der Waals surface area contributed by atoms with Gasteiger partial charge in [-0.1, -0.05) is 24.3 Å². The summed E-state index contributed by atoms with van der Waals surface area (Å²) >= 11 is 0. The van der Waals surface area contributed by atoms with E-state index >= 15 is 0 Å². The van der Waals surface area contributed by atoms with Gasteiger partial charge in [0.1, 0.15) is 5.75 Å². The molecule has 1 saturated heterocycles. The zero-order chi connectivity index (χ0) is 19.6. The van der Waals surface area contributed by atoms with Crippen LogP contribution >= 0.6 is 0 Å². The van der Waals surface area contributed by atoms with Gasteiger partial charge in [-0.05, 0) is 60.8 Å². The van der Waals surface area contributed by atoms with Gasteiger partial charge in [-0.2, -0.15) is 0 Å². The lowest BCUT2D eigenvalue weighted by Gasteiger charge is -2.11. The number of aromatic nitrogens is 3. The maximum absolute atomic E-state index is 5.52. The second-order valence-electron chi connectivity index (χ2n) is 7.27. The zero-order valence-electron chi connectivity index (χ0n) is 16.3. The summed E-state index contributed by atoms with van der Waals surface area (Å²) in [5.74, 6) is 1.98. The summed E-state index contributed by atoms with van der Waals surface area (Å²) in [5, 5.41) is 11.5. The summed E-state index contributed by atoms with van der Waals surface area (Å²) in [7, 11) is 1.68. The SMILES string of the molecule is COc1ccccc1-c1ccc2cnc(Nc3ccc(C4CCNC4)cc3)nn12. The predicted molar refractivity (Wildman–Crippen MR) is 115 cm³/mol. The molecule has 5 rings (SSSR count). The van der Waals surface area contributed by atoms with E-state index in [1.807, 2.05) is 47.1 Å². The summed E-state index contributed by atoms with van der Waals surface area (Å²) < 4.78 is 7.42. The number of hydrogen-bond donors (Lipinski definition) is 2. The Morgan fingerprint density at radius 1 is 1.07 bits per heavy atom. The first-order valence-corrected chi connectivity index (χ1v) is 9.88. The third-order valence-corrected chi connectivity index (χ3v) is 5.48. The molecule has 1 aliphatic heterocycles. The summed E-state index contributed by atoms with van der Waals surface area (Å²) in [6.07, 6.45) is 3.03. The molecule has 0 aliphatic carbocycles. The molecule has 1 unspecified atom stereocenters. The molecule has 0 spiro atoms. The van der Waals surface area contributed by atoms with Crippen LogP contribution in [0.25, 0.3) is 16.8 Å². The molecular formula is C23H23N5O. The fourth-order valence-corrected chi connectivity index (χ4v) is 3.93. The van der Waals surface area contributed by atoms with Crippen molar-refractivity contribution in [2.24, 2.45) is 0 Å². The monoisotopic (exact) mass is 385 g/mol. The Morgan fingerprint density at radius 2 is 1.93 bits per heavy atom. The molecule has 1 fully saturated rings. The molecule has 6 heteroatoms. The van der Waals surface area contributed by atoms with Gasteiger partial charge in [0.05, 0.1) is 24.5 Å². The number of benzene rings is 2. The van der Waals surface area contributed by atoms with Crippen molar-refractivity contribution in [2.45, 2.75) is 12.3 Å². The van der Waals surface area contributed by atoms with E-state index in [2.05, 4.69) is 39.9 Å². The van der Waals surface area contributed by atoms with E-state index in [1.54, 1.807) is 7.11 Å². The van der Waals surface area contributed by atoms with Gasteiger partial charge in [0, 0.05) is 17.8 Å².